The summed E-state index contributed by atoms with van der Waals surface area (Å²) in [6, 6.07) is 5.05. The van der Waals surface area contributed by atoms with Gasteiger partial charge in [0.25, 0.3) is 0 Å². The van der Waals surface area contributed by atoms with E-state index in [1.807, 2.05) is 0 Å². The van der Waals surface area contributed by atoms with Crippen LogP contribution in [0, 0.1) is 0 Å². The minimum Gasteiger partial charge on any atom is -0.465 e. The fourth-order valence-corrected chi connectivity index (χ4v) is 7.66. The molecule has 4 rings (SSSR count). The van der Waals surface area contributed by atoms with Crippen LogP contribution in [0.2, 0.25) is 5.02 Å². The van der Waals surface area contributed by atoms with Gasteiger partial charge in [0.05, 0.1) is 17.6 Å². The van der Waals surface area contributed by atoms with Crippen molar-refractivity contribution >= 4 is 49.8 Å². The lowest BCUT2D eigenvalue weighted by Crippen LogP contribution is -2.43. The molecular weight excluding hydrogens is 498 g/mol. The van der Waals surface area contributed by atoms with E-state index in [0.29, 0.717) is 41.4 Å². The molecule has 1 fully saturated rings. The topological polar surface area (TPSA) is 96.0 Å². The molecule has 1 aromatic heterocycles. The first-order chi connectivity index (χ1) is 16.3. The van der Waals surface area contributed by atoms with Crippen molar-refractivity contribution in [2.45, 2.75) is 50.1 Å². The summed E-state index contributed by atoms with van der Waals surface area (Å²) < 4.78 is 32.7. The number of hydrogen-bond acceptors (Lipinski definition) is 7. The van der Waals surface area contributed by atoms with Gasteiger partial charge in [-0.2, -0.15) is 4.31 Å². The molecule has 2 aliphatic heterocycles. The third-order valence-corrected chi connectivity index (χ3v) is 9.54. The number of sulfonamides is 1. The summed E-state index contributed by atoms with van der Waals surface area (Å²) in [6.45, 7) is 4.89. The Morgan fingerprint density at radius 2 is 1.97 bits per heavy atom. The maximum atomic E-state index is 13.3. The zero-order chi connectivity index (χ0) is 24.5. The molecule has 1 amide bonds. The Kier molecular flexibility index (Phi) is 7.63. The molecule has 1 N–H and O–H groups in total. The van der Waals surface area contributed by atoms with Crippen molar-refractivity contribution in [3.05, 3.63) is 45.3 Å². The minimum atomic E-state index is -3.87. The summed E-state index contributed by atoms with van der Waals surface area (Å²) in [6.07, 6.45) is 2.71. The molecule has 11 heteroatoms. The summed E-state index contributed by atoms with van der Waals surface area (Å²) in [5.41, 5.74) is 1.30. The molecule has 0 bridgehead atoms. The molecule has 2 aliphatic rings. The number of carbonyl (C=O) groups excluding carboxylic acids is 2. The number of thiophene rings is 1. The summed E-state index contributed by atoms with van der Waals surface area (Å²) >= 11 is 7.27. The second-order valence-corrected chi connectivity index (χ2v) is 11.9. The first-order valence-electron chi connectivity index (χ1n) is 11.3. The van der Waals surface area contributed by atoms with Crippen molar-refractivity contribution in [3.63, 3.8) is 0 Å². The smallest absolute Gasteiger partial charge is 0.341 e. The largest absolute Gasteiger partial charge is 0.465 e. The van der Waals surface area contributed by atoms with Crippen LogP contribution < -0.4 is 5.32 Å². The van der Waals surface area contributed by atoms with Crippen LogP contribution in [0.5, 0.6) is 0 Å². The van der Waals surface area contributed by atoms with Crippen LogP contribution in [0.25, 0.3) is 0 Å². The molecule has 8 nitrogen and oxygen atoms in total. The van der Waals surface area contributed by atoms with Crippen LogP contribution in [0.4, 0.5) is 5.00 Å². The predicted octanol–water partition coefficient (Wildman–Crippen LogP) is 3.75. The number of carbonyl (C=O) groups is 2. The normalized spacial score (nSPS) is 19.1. The number of anilines is 1. The lowest BCUT2D eigenvalue weighted by Gasteiger charge is -2.26. The number of methoxy groups -OCH3 is 1. The second kappa shape index (κ2) is 10.3. The van der Waals surface area contributed by atoms with Gasteiger partial charge in [-0.15, -0.1) is 11.3 Å². The van der Waals surface area contributed by atoms with Gasteiger partial charge in [-0.05, 0) is 62.1 Å². The van der Waals surface area contributed by atoms with E-state index >= 15 is 0 Å². The summed E-state index contributed by atoms with van der Waals surface area (Å²) in [7, 11) is -2.55. The van der Waals surface area contributed by atoms with E-state index in [4.69, 9.17) is 16.3 Å². The zero-order valence-corrected chi connectivity index (χ0v) is 21.6. The molecule has 0 aliphatic carbocycles. The van der Waals surface area contributed by atoms with Gasteiger partial charge >= 0.3 is 5.97 Å². The van der Waals surface area contributed by atoms with Gasteiger partial charge in [-0.1, -0.05) is 18.5 Å². The Bertz CT molecular complexity index is 1180. The highest BCUT2D eigenvalue weighted by molar-refractivity contribution is 7.89. The van der Waals surface area contributed by atoms with E-state index in [2.05, 4.69) is 17.1 Å². The molecule has 184 valence electrons. The van der Waals surface area contributed by atoms with E-state index in [9.17, 15) is 18.0 Å². The summed E-state index contributed by atoms with van der Waals surface area (Å²) in [4.78, 5) is 29.4. The average Bonchev–Trinajstić information content (AvgIpc) is 3.44. The molecule has 1 unspecified atom stereocenters. The number of benzene rings is 1. The maximum absolute atomic E-state index is 13.3. The lowest BCUT2D eigenvalue weighted by molar-refractivity contribution is -0.119. The Morgan fingerprint density at radius 1 is 1.24 bits per heavy atom. The monoisotopic (exact) mass is 525 g/mol. The van der Waals surface area contributed by atoms with Crippen molar-refractivity contribution in [1.29, 1.82) is 0 Å². The van der Waals surface area contributed by atoms with Crippen LogP contribution in [0.15, 0.2) is 29.2 Å². The van der Waals surface area contributed by atoms with Gasteiger partial charge in [-0.3, -0.25) is 9.69 Å². The number of esters is 1. The number of ether oxygens (including phenoxy) is 1. The number of nitrogens with zero attached hydrogens (tertiary/aromatic N) is 2. The van der Waals surface area contributed by atoms with Gasteiger partial charge < -0.3 is 10.1 Å². The minimum absolute atomic E-state index is 0.0921. The van der Waals surface area contributed by atoms with Crippen LogP contribution in [0.1, 0.15) is 47.0 Å². The van der Waals surface area contributed by atoms with Crippen molar-refractivity contribution in [1.82, 2.24) is 9.21 Å². The van der Waals surface area contributed by atoms with Crippen molar-refractivity contribution in [2.24, 2.45) is 0 Å². The van der Waals surface area contributed by atoms with Gasteiger partial charge in [0, 0.05) is 29.5 Å². The third kappa shape index (κ3) is 4.87. The second-order valence-electron chi connectivity index (χ2n) is 8.44. The Hall–Kier alpha value is -1.98. The Labute approximate surface area is 208 Å². The number of fused-ring (bicyclic) bond motifs is 1. The summed E-state index contributed by atoms with van der Waals surface area (Å²) in [5, 5.41) is 3.73. The highest BCUT2D eigenvalue weighted by Crippen LogP contribution is 2.38. The van der Waals surface area contributed by atoms with Crippen LogP contribution in [0.3, 0.4) is 0 Å². The lowest BCUT2D eigenvalue weighted by atomic mass is 10.0. The quantitative estimate of drug-likeness (QED) is 0.553. The van der Waals surface area contributed by atoms with Gasteiger partial charge in [0.15, 0.2) is 0 Å². The molecule has 2 aromatic rings. The Morgan fingerprint density at radius 3 is 2.65 bits per heavy atom. The standard InChI is InChI=1S/C23H28ClN3O5S2/c1-3-11-26-13-10-17-19(14-26)33-22(20(17)23(29)32-2)25-21(28)18-5-4-12-27(18)34(30,31)16-8-6-15(24)7-9-16/h6-9,18H,3-5,10-14H2,1-2H3,(H,25,28). The molecule has 1 saturated heterocycles. The summed E-state index contributed by atoms with van der Waals surface area (Å²) in [5.74, 6) is -0.932. The van der Waals surface area contributed by atoms with E-state index < -0.39 is 27.9 Å². The van der Waals surface area contributed by atoms with Gasteiger partial charge in [0.2, 0.25) is 15.9 Å². The van der Waals surface area contributed by atoms with E-state index in [1.54, 1.807) is 0 Å². The number of halogens is 1. The SMILES string of the molecule is CCCN1CCc2c(sc(NC(=O)C3CCCN3S(=O)(=O)c3ccc(Cl)cc3)c2C(=O)OC)C1. The maximum Gasteiger partial charge on any atom is 0.341 e. The molecule has 0 radical (unpaired) electrons. The van der Waals surface area contributed by atoms with E-state index in [-0.39, 0.29) is 11.4 Å². The molecular formula is C23H28ClN3O5S2. The van der Waals surface area contributed by atoms with Crippen LogP contribution in [-0.4, -0.2) is 62.3 Å². The average molecular weight is 526 g/mol. The number of nitrogens with one attached hydrogen (secondary N) is 1. The number of hydrogen-bond donors (Lipinski definition) is 1. The molecule has 3 heterocycles. The first kappa shape index (κ1) is 25.1. The van der Waals surface area contributed by atoms with Crippen LogP contribution >= 0.6 is 22.9 Å². The molecule has 1 atom stereocenters. The number of amides is 1. The van der Waals surface area contributed by atoms with E-state index in [1.165, 1.54) is 47.0 Å². The van der Waals surface area contributed by atoms with E-state index in [0.717, 1.165) is 30.0 Å². The van der Waals surface area contributed by atoms with Gasteiger partial charge in [-0.25, -0.2) is 13.2 Å². The number of rotatable bonds is 7. The molecule has 0 saturated carbocycles. The molecule has 34 heavy (non-hydrogen) atoms. The van der Waals surface area contributed by atoms with Crippen molar-refractivity contribution < 1.29 is 22.7 Å². The fourth-order valence-electron chi connectivity index (χ4n) is 4.60. The highest BCUT2D eigenvalue weighted by Gasteiger charge is 2.40. The van der Waals surface area contributed by atoms with Crippen molar-refractivity contribution in [3.8, 4) is 0 Å². The molecule has 1 aromatic carbocycles. The molecule has 0 spiro atoms. The van der Waals surface area contributed by atoms with Crippen LogP contribution in [-0.2, 0) is 32.5 Å². The third-order valence-electron chi connectivity index (χ3n) is 6.23. The zero-order valence-electron chi connectivity index (χ0n) is 19.2. The first-order valence-corrected chi connectivity index (χ1v) is 13.9. The highest BCUT2D eigenvalue weighted by atomic mass is 35.5. The predicted molar refractivity (Wildman–Crippen MR) is 132 cm³/mol. The van der Waals surface area contributed by atoms with Crippen molar-refractivity contribution in [2.75, 3.05) is 32.1 Å². The fraction of sp³-hybridized carbons (Fsp3) is 0.478. The Balaban J connectivity index is 1.59. The van der Waals surface area contributed by atoms with Gasteiger partial charge in [0.1, 0.15) is 11.0 Å².